The zero-order valence-corrected chi connectivity index (χ0v) is 8.83. The third-order valence-electron chi connectivity index (χ3n) is 3.33. The van der Waals surface area contributed by atoms with Gasteiger partial charge in [0.2, 0.25) is 0 Å². The molecule has 2 aliphatic rings. The van der Waals surface area contributed by atoms with E-state index in [9.17, 15) is 0 Å². The Balaban J connectivity index is 2.11. The summed E-state index contributed by atoms with van der Waals surface area (Å²) in [5.74, 6) is 0.786. The lowest BCUT2D eigenvalue weighted by Gasteiger charge is -2.09. The van der Waals surface area contributed by atoms with E-state index in [1.54, 1.807) is 0 Å². The van der Waals surface area contributed by atoms with Crippen molar-refractivity contribution >= 4 is 0 Å². The van der Waals surface area contributed by atoms with Crippen molar-refractivity contribution in [1.29, 1.82) is 0 Å². The highest BCUT2D eigenvalue weighted by molar-refractivity contribution is 5.26. The summed E-state index contributed by atoms with van der Waals surface area (Å²) in [6, 6.07) is 1.58. The number of rotatable bonds is 2. The quantitative estimate of drug-likeness (QED) is 0.586. The molecule has 0 N–H and O–H groups in total. The molecule has 0 spiro atoms. The summed E-state index contributed by atoms with van der Waals surface area (Å²) in [5.41, 5.74) is 1.44. The first kappa shape index (κ1) is 8.86. The minimum absolute atomic E-state index is 0.776. The first-order valence-electron chi connectivity index (χ1n) is 5.39. The fourth-order valence-corrected chi connectivity index (χ4v) is 2.63. The predicted molar refractivity (Wildman–Crippen MR) is 56.4 cm³/mol. The monoisotopic (exact) mass is 177 g/mol. The maximum Gasteiger partial charge on any atom is 0.0554 e. The number of nitrogens with zero attached hydrogens (tertiary/aromatic N) is 1. The molecule has 2 aliphatic heterocycles. The molecule has 2 rings (SSSR count). The van der Waals surface area contributed by atoms with Gasteiger partial charge in [0.25, 0.3) is 0 Å². The van der Waals surface area contributed by atoms with Crippen molar-refractivity contribution in [3.05, 3.63) is 23.9 Å². The molecular weight excluding hydrogens is 158 g/mol. The summed E-state index contributed by atoms with van der Waals surface area (Å²) >= 11 is 0. The van der Waals surface area contributed by atoms with E-state index >= 15 is 0 Å². The van der Waals surface area contributed by atoms with Crippen LogP contribution in [0.25, 0.3) is 0 Å². The largest absolute Gasteiger partial charge is 0.365 e. The van der Waals surface area contributed by atoms with Crippen LogP contribution in [0.5, 0.6) is 0 Å². The lowest BCUT2D eigenvalue weighted by molar-refractivity contribution is 0.490. The molecule has 2 unspecified atom stereocenters. The summed E-state index contributed by atoms with van der Waals surface area (Å²) in [6.07, 6.45) is 9.50. The predicted octanol–water partition coefficient (Wildman–Crippen LogP) is 2.95. The average molecular weight is 177 g/mol. The van der Waals surface area contributed by atoms with Gasteiger partial charge in [0.15, 0.2) is 0 Å². The van der Waals surface area contributed by atoms with Crippen LogP contribution in [-0.2, 0) is 0 Å². The van der Waals surface area contributed by atoms with Crippen molar-refractivity contribution in [3.63, 3.8) is 0 Å². The SMILES string of the molecule is CCCC1C=CC=C(C)N2C(C)[C@H]12. The van der Waals surface area contributed by atoms with Crippen LogP contribution in [0.2, 0.25) is 0 Å². The maximum absolute atomic E-state index is 2.54. The van der Waals surface area contributed by atoms with Crippen molar-refractivity contribution in [1.82, 2.24) is 4.90 Å². The van der Waals surface area contributed by atoms with Crippen LogP contribution in [0.15, 0.2) is 23.9 Å². The van der Waals surface area contributed by atoms with Gasteiger partial charge in [-0.1, -0.05) is 25.5 Å². The number of hydrogen-bond donors (Lipinski definition) is 0. The van der Waals surface area contributed by atoms with E-state index in [4.69, 9.17) is 0 Å². The maximum atomic E-state index is 2.54. The van der Waals surface area contributed by atoms with E-state index < -0.39 is 0 Å². The van der Waals surface area contributed by atoms with Crippen molar-refractivity contribution in [2.24, 2.45) is 5.92 Å². The van der Waals surface area contributed by atoms with E-state index in [1.807, 2.05) is 0 Å². The smallest absolute Gasteiger partial charge is 0.0554 e. The molecule has 0 aromatic rings. The van der Waals surface area contributed by atoms with E-state index in [-0.39, 0.29) is 0 Å². The second kappa shape index (κ2) is 3.21. The molecule has 1 fully saturated rings. The van der Waals surface area contributed by atoms with Crippen LogP contribution in [-0.4, -0.2) is 17.0 Å². The Hall–Kier alpha value is -0.720. The molecule has 3 atom stereocenters. The Labute approximate surface area is 81.1 Å². The molecule has 0 aromatic carbocycles. The topological polar surface area (TPSA) is 3.01 Å². The number of fused-ring (bicyclic) bond motifs is 1. The van der Waals surface area contributed by atoms with Gasteiger partial charge in [-0.05, 0) is 32.3 Å². The van der Waals surface area contributed by atoms with Gasteiger partial charge in [-0.15, -0.1) is 0 Å². The molecule has 1 heteroatoms. The molecule has 0 aliphatic carbocycles. The number of hydrogen-bond acceptors (Lipinski definition) is 1. The Morgan fingerprint density at radius 1 is 1.46 bits per heavy atom. The minimum atomic E-state index is 0.776. The normalized spacial score (nSPS) is 36.7. The Morgan fingerprint density at radius 3 is 2.92 bits per heavy atom. The van der Waals surface area contributed by atoms with Gasteiger partial charge in [0, 0.05) is 11.7 Å². The molecule has 2 heterocycles. The first-order chi connectivity index (χ1) is 6.25. The lowest BCUT2D eigenvalue weighted by atomic mass is 9.97. The van der Waals surface area contributed by atoms with Gasteiger partial charge in [0.05, 0.1) is 6.04 Å². The summed E-state index contributed by atoms with van der Waals surface area (Å²) < 4.78 is 0. The molecule has 1 saturated heterocycles. The van der Waals surface area contributed by atoms with Crippen LogP contribution in [0, 0.1) is 5.92 Å². The second-order valence-electron chi connectivity index (χ2n) is 4.28. The highest BCUT2D eigenvalue weighted by atomic mass is 15.4. The van der Waals surface area contributed by atoms with Crippen molar-refractivity contribution in [2.75, 3.05) is 0 Å². The van der Waals surface area contributed by atoms with Crippen LogP contribution in [0.3, 0.4) is 0 Å². The lowest BCUT2D eigenvalue weighted by Crippen LogP contribution is -2.09. The zero-order chi connectivity index (χ0) is 9.42. The Kier molecular flexibility index (Phi) is 2.19. The zero-order valence-electron chi connectivity index (χ0n) is 8.83. The molecule has 0 aromatic heterocycles. The number of allylic oxidation sites excluding steroid dienone is 3. The summed E-state index contributed by atoms with van der Waals surface area (Å²) in [6.45, 7) is 6.83. The summed E-state index contributed by atoms with van der Waals surface area (Å²) in [7, 11) is 0. The molecule has 13 heavy (non-hydrogen) atoms. The van der Waals surface area contributed by atoms with Crippen molar-refractivity contribution < 1.29 is 0 Å². The highest BCUT2D eigenvalue weighted by Gasteiger charge is 2.47. The molecule has 0 saturated carbocycles. The Morgan fingerprint density at radius 2 is 2.23 bits per heavy atom. The van der Waals surface area contributed by atoms with Crippen LogP contribution < -0.4 is 0 Å². The average Bonchev–Trinajstić information content (AvgIpc) is 2.77. The molecule has 72 valence electrons. The minimum Gasteiger partial charge on any atom is -0.365 e. The molecule has 0 radical (unpaired) electrons. The van der Waals surface area contributed by atoms with Gasteiger partial charge in [-0.2, -0.15) is 0 Å². The van der Waals surface area contributed by atoms with Gasteiger partial charge in [0.1, 0.15) is 0 Å². The van der Waals surface area contributed by atoms with Gasteiger partial charge < -0.3 is 4.90 Å². The standard InChI is InChI=1S/C12H19N/c1-4-6-11-8-5-7-9(2)13-10(3)12(11)13/h5,7-8,10-12H,4,6H2,1-3H3/t10?,11?,12-,13?/m1/s1. The summed E-state index contributed by atoms with van der Waals surface area (Å²) in [5, 5.41) is 0. The summed E-state index contributed by atoms with van der Waals surface area (Å²) in [4.78, 5) is 2.54. The van der Waals surface area contributed by atoms with Crippen LogP contribution in [0.1, 0.15) is 33.6 Å². The molecule has 0 amide bonds. The fraction of sp³-hybridized carbons (Fsp3) is 0.667. The van der Waals surface area contributed by atoms with Crippen molar-refractivity contribution in [2.45, 2.75) is 45.7 Å². The third-order valence-corrected chi connectivity index (χ3v) is 3.33. The van der Waals surface area contributed by atoms with E-state index in [2.05, 4.69) is 43.9 Å². The highest BCUT2D eigenvalue weighted by Crippen LogP contribution is 2.41. The second-order valence-corrected chi connectivity index (χ2v) is 4.28. The Bertz CT molecular complexity index is 252. The van der Waals surface area contributed by atoms with Gasteiger partial charge >= 0.3 is 0 Å². The van der Waals surface area contributed by atoms with Crippen LogP contribution >= 0.6 is 0 Å². The van der Waals surface area contributed by atoms with E-state index in [0.29, 0.717) is 0 Å². The molecular formula is C12H19N. The van der Waals surface area contributed by atoms with Crippen molar-refractivity contribution in [3.8, 4) is 0 Å². The fourth-order valence-electron chi connectivity index (χ4n) is 2.63. The first-order valence-corrected chi connectivity index (χ1v) is 5.39. The van der Waals surface area contributed by atoms with E-state index in [1.165, 1.54) is 18.5 Å². The van der Waals surface area contributed by atoms with Gasteiger partial charge in [-0.3, -0.25) is 0 Å². The third kappa shape index (κ3) is 1.41. The molecule has 1 nitrogen and oxygen atoms in total. The molecule has 0 bridgehead atoms. The van der Waals surface area contributed by atoms with Gasteiger partial charge in [-0.25, -0.2) is 0 Å². The van der Waals surface area contributed by atoms with Crippen LogP contribution in [0.4, 0.5) is 0 Å². The van der Waals surface area contributed by atoms with E-state index in [0.717, 1.165) is 18.0 Å².